The van der Waals surface area contributed by atoms with Crippen LogP contribution in [0.15, 0.2) is 41.0 Å². The Hall–Kier alpha value is -1.85. The number of nitrogens with zero attached hydrogens (tertiary/aromatic N) is 3. The molecule has 1 aliphatic rings. The Bertz CT molecular complexity index is 912. The number of fused-ring (bicyclic) bond motifs is 1. The maximum absolute atomic E-state index is 5.30. The van der Waals surface area contributed by atoms with Gasteiger partial charge in [0.05, 0.1) is 12.1 Å². The summed E-state index contributed by atoms with van der Waals surface area (Å²) < 4.78 is 6.33. The topological polar surface area (TPSA) is 47.9 Å². The molecule has 1 fully saturated rings. The average Bonchev–Trinajstić information content (AvgIpc) is 3.35. The summed E-state index contributed by atoms with van der Waals surface area (Å²) in [5.41, 5.74) is 4.30. The Morgan fingerprint density at radius 3 is 2.83 bits per heavy atom. The van der Waals surface area contributed by atoms with Gasteiger partial charge in [-0.2, -0.15) is 0 Å². The molecule has 0 amide bonds. The van der Waals surface area contributed by atoms with Gasteiger partial charge in [-0.1, -0.05) is 22.0 Å². The number of aromatic nitrogens is 3. The summed E-state index contributed by atoms with van der Waals surface area (Å²) in [6.07, 6.45) is 2.91. The van der Waals surface area contributed by atoms with Gasteiger partial charge in [0.1, 0.15) is 5.82 Å². The van der Waals surface area contributed by atoms with Crippen molar-refractivity contribution in [1.82, 2.24) is 15.0 Å². The lowest BCUT2D eigenvalue weighted by molar-refractivity contribution is 0.186. The number of hydrogen-bond donors (Lipinski definition) is 0. The van der Waals surface area contributed by atoms with Gasteiger partial charge in [-0.15, -0.1) is 0 Å². The quantitative estimate of drug-likeness (QED) is 0.664. The van der Waals surface area contributed by atoms with Crippen molar-refractivity contribution in [2.24, 2.45) is 0 Å². The van der Waals surface area contributed by atoms with Crippen molar-refractivity contribution in [3.05, 3.63) is 63.8 Å². The van der Waals surface area contributed by atoms with E-state index in [2.05, 4.69) is 50.2 Å². The number of pyridine rings is 1. The Balaban J connectivity index is 1.67. The summed E-state index contributed by atoms with van der Waals surface area (Å²) in [5, 5.41) is 1.15. The van der Waals surface area contributed by atoms with E-state index in [9.17, 15) is 0 Å². The van der Waals surface area contributed by atoms with Gasteiger partial charge in [0.25, 0.3) is 0 Å². The molecular weight excluding hydrogens is 366 g/mol. The van der Waals surface area contributed by atoms with Crippen LogP contribution in [0.5, 0.6) is 0 Å². The summed E-state index contributed by atoms with van der Waals surface area (Å²) in [6, 6.07) is 10.4. The number of aryl methyl sites for hydroxylation is 1. The van der Waals surface area contributed by atoms with E-state index in [1.165, 1.54) is 0 Å². The van der Waals surface area contributed by atoms with Gasteiger partial charge in [-0.3, -0.25) is 4.98 Å². The Labute approximate surface area is 149 Å². The molecule has 122 valence electrons. The lowest BCUT2D eigenvalue weighted by atomic mass is 10.1. The van der Waals surface area contributed by atoms with Crippen LogP contribution in [0.3, 0.4) is 0 Å². The first-order chi connectivity index (χ1) is 11.7. The van der Waals surface area contributed by atoms with Gasteiger partial charge in [0, 0.05) is 46.4 Å². The lowest BCUT2D eigenvalue weighted by Gasteiger charge is -2.08. The molecule has 1 aromatic carbocycles. The molecular formula is C19H18BrN3O. The first kappa shape index (κ1) is 15.7. The van der Waals surface area contributed by atoms with E-state index in [1.54, 1.807) is 7.11 Å². The molecule has 5 heteroatoms. The number of benzene rings is 1. The zero-order valence-electron chi connectivity index (χ0n) is 13.7. The third-order valence-corrected chi connectivity index (χ3v) is 4.95. The van der Waals surface area contributed by atoms with Gasteiger partial charge in [0.2, 0.25) is 0 Å². The molecule has 1 aliphatic carbocycles. The summed E-state index contributed by atoms with van der Waals surface area (Å²) in [4.78, 5) is 13.9. The molecule has 2 heterocycles. The molecule has 0 radical (unpaired) electrons. The number of halogens is 1. The van der Waals surface area contributed by atoms with E-state index < -0.39 is 0 Å². The largest absolute Gasteiger partial charge is 0.380 e. The van der Waals surface area contributed by atoms with Gasteiger partial charge >= 0.3 is 0 Å². The van der Waals surface area contributed by atoms with Gasteiger partial charge < -0.3 is 4.74 Å². The highest BCUT2D eigenvalue weighted by Crippen LogP contribution is 2.53. The zero-order valence-corrected chi connectivity index (χ0v) is 15.2. The van der Waals surface area contributed by atoms with Gasteiger partial charge in [-0.25, -0.2) is 9.97 Å². The van der Waals surface area contributed by atoms with Crippen LogP contribution in [0.2, 0.25) is 0 Å². The van der Waals surface area contributed by atoms with Crippen LogP contribution in [-0.2, 0) is 11.3 Å². The third kappa shape index (κ3) is 2.94. The third-order valence-electron chi connectivity index (χ3n) is 4.49. The number of hydrogen-bond acceptors (Lipinski definition) is 4. The molecule has 0 spiro atoms. The van der Waals surface area contributed by atoms with Crippen LogP contribution >= 0.6 is 15.9 Å². The normalized spacial score (nSPS) is 19.6. The minimum Gasteiger partial charge on any atom is -0.380 e. The van der Waals surface area contributed by atoms with Crippen LogP contribution < -0.4 is 0 Å². The second kappa shape index (κ2) is 6.22. The summed E-state index contributed by atoms with van der Waals surface area (Å²) in [7, 11) is 1.71. The highest BCUT2D eigenvalue weighted by molar-refractivity contribution is 9.10. The minimum atomic E-state index is 0.389. The molecule has 24 heavy (non-hydrogen) atoms. The number of ether oxygens (including phenoxy) is 1. The summed E-state index contributed by atoms with van der Waals surface area (Å²) in [6.45, 7) is 2.59. The molecule has 2 atom stereocenters. The second-order valence-electron chi connectivity index (χ2n) is 6.31. The fourth-order valence-electron chi connectivity index (χ4n) is 3.22. The van der Waals surface area contributed by atoms with E-state index in [1.807, 2.05) is 19.2 Å². The van der Waals surface area contributed by atoms with E-state index in [4.69, 9.17) is 9.72 Å². The standard InChI is InChI=1S/C19H18BrN3O/c1-11-5-6-21-19(22-11)16-9-15(16)17-4-3-14-12(10-24-2)7-13(20)8-18(14)23-17/h3-8,15-16H,9-10H2,1-2H3/t15-,16-/m0/s1. The Kier molecular flexibility index (Phi) is 4.06. The molecule has 2 aromatic heterocycles. The molecule has 4 nitrogen and oxygen atoms in total. The van der Waals surface area contributed by atoms with E-state index in [-0.39, 0.29) is 0 Å². The van der Waals surface area contributed by atoms with Crippen LogP contribution in [0.4, 0.5) is 0 Å². The van der Waals surface area contributed by atoms with Crippen LogP contribution in [0.1, 0.15) is 41.0 Å². The van der Waals surface area contributed by atoms with Crippen molar-refractivity contribution in [2.75, 3.05) is 7.11 Å². The van der Waals surface area contributed by atoms with Crippen molar-refractivity contribution >= 4 is 26.8 Å². The monoisotopic (exact) mass is 383 g/mol. The molecule has 1 saturated carbocycles. The fraction of sp³-hybridized carbons (Fsp3) is 0.316. The molecule has 4 rings (SSSR count). The maximum Gasteiger partial charge on any atom is 0.132 e. The molecule has 0 saturated heterocycles. The minimum absolute atomic E-state index is 0.389. The number of rotatable bonds is 4. The predicted octanol–water partition coefficient (Wildman–Crippen LogP) is 4.51. The Morgan fingerprint density at radius 1 is 1.17 bits per heavy atom. The highest BCUT2D eigenvalue weighted by Gasteiger charge is 2.42. The predicted molar refractivity (Wildman–Crippen MR) is 97.0 cm³/mol. The second-order valence-corrected chi connectivity index (χ2v) is 7.22. The van der Waals surface area contributed by atoms with Crippen LogP contribution in [0.25, 0.3) is 10.9 Å². The molecule has 0 bridgehead atoms. The highest BCUT2D eigenvalue weighted by atomic mass is 79.9. The van der Waals surface area contributed by atoms with E-state index in [0.717, 1.165) is 44.6 Å². The van der Waals surface area contributed by atoms with Crippen molar-refractivity contribution < 1.29 is 4.74 Å². The van der Waals surface area contributed by atoms with E-state index >= 15 is 0 Å². The van der Waals surface area contributed by atoms with E-state index in [0.29, 0.717) is 18.4 Å². The zero-order chi connectivity index (χ0) is 16.7. The van der Waals surface area contributed by atoms with Crippen LogP contribution in [-0.4, -0.2) is 22.1 Å². The maximum atomic E-state index is 5.30. The first-order valence-electron chi connectivity index (χ1n) is 8.03. The van der Waals surface area contributed by atoms with Crippen molar-refractivity contribution in [3.8, 4) is 0 Å². The molecule has 0 aliphatic heterocycles. The summed E-state index contributed by atoms with van der Waals surface area (Å²) >= 11 is 3.57. The smallest absolute Gasteiger partial charge is 0.132 e. The van der Waals surface area contributed by atoms with Gasteiger partial charge in [-0.05, 0) is 43.2 Å². The average molecular weight is 384 g/mol. The molecule has 0 N–H and O–H groups in total. The van der Waals surface area contributed by atoms with Crippen molar-refractivity contribution in [1.29, 1.82) is 0 Å². The van der Waals surface area contributed by atoms with Crippen LogP contribution in [0, 0.1) is 6.92 Å². The fourth-order valence-corrected chi connectivity index (χ4v) is 3.72. The molecule has 3 aromatic rings. The molecule has 0 unspecified atom stereocenters. The number of methoxy groups -OCH3 is 1. The first-order valence-corrected chi connectivity index (χ1v) is 8.82. The Morgan fingerprint density at radius 2 is 2.04 bits per heavy atom. The SMILES string of the molecule is COCc1cc(Br)cc2nc([C@H]3C[C@@H]3c3nccc(C)n3)ccc12. The van der Waals surface area contributed by atoms with Gasteiger partial charge in [0.15, 0.2) is 0 Å². The summed E-state index contributed by atoms with van der Waals surface area (Å²) in [5.74, 6) is 1.75. The van der Waals surface area contributed by atoms with Crippen molar-refractivity contribution in [2.45, 2.75) is 31.8 Å². The lowest BCUT2D eigenvalue weighted by Crippen LogP contribution is -1.97. The van der Waals surface area contributed by atoms with Crippen molar-refractivity contribution in [3.63, 3.8) is 0 Å².